The molecule has 0 saturated heterocycles. The molecule has 0 bridgehead atoms. The van der Waals surface area contributed by atoms with Crippen molar-refractivity contribution in [1.82, 2.24) is 9.55 Å². The molecule has 37 heavy (non-hydrogen) atoms. The highest BCUT2D eigenvalue weighted by Crippen LogP contribution is 2.44. The molecule has 1 N–H and O–H groups in total. The second kappa shape index (κ2) is 9.26. The van der Waals surface area contributed by atoms with Gasteiger partial charge in [0.1, 0.15) is 24.4 Å². The average molecular weight is 489 g/mol. The topological polar surface area (TPSA) is 56.5 Å². The van der Waals surface area contributed by atoms with Crippen molar-refractivity contribution in [3.63, 3.8) is 0 Å². The van der Waals surface area contributed by atoms with E-state index in [1.54, 1.807) is 6.92 Å². The first kappa shape index (κ1) is 23.1. The van der Waals surface area contributed by atoms with Crippen LogP contribution >= 0.6 is 0 Å². The van der Waals surface area contributed by atoms with Crippen molar-refractivity contribution in [2.24, 2.45) is 0 Å². The predicted molar refractivity (Wildman–Crippen MR) is 143 cm³/mol. The number of rotatable bonds is 6. The van der Waals surface area contributed by atoms with Gasteiger partial charge in [-0.1, -0.05) is 103 Å². The van der Waals surface area contributed by atoms with Gasteiger partial charge in [-0.05, 0) is 29.7 Å². The largest absolute Gasteiger partial charge is 0.486 e. The molecular weight excluding hydrogens is 460 g/mol. The normalized spacial score (nSPS) is 14.6. The number of ether oxygens (including phenoxy) is 2. The van der Waals surface area contributed by atoms with Crippen LogP contribution in [0.3, 0.4) is 0 Å². The van der Waals surface area contributed by atoms with Crippen molar-refractivity contribution >= 4 is 0 Å². The monoisotopic (exact) mass is 488 g/mol. The van der Waals surface area contributed by atoms with Gasteiger partial charge in [0.2, 0.25) is 0 Å². The molecule has 4 aromatic carbocycles. The van der Waals surface area contributed by atoms with Crippen molar-refractivity contribution < 1.29 is 14.6 Å². The van der Waals surface area contributed by atoms with Crippen LogP contribution in [0.5, 0.6) is 11.5 Å². The van der Waals surface area contributed by atoms with Crippen molar-refractivity contribution in [1.29, 1.82) is 0 Å². The fourth-order valence-corrected chi connectivity index (χ4v) is 5.34. The van der Waals surface area contributed by atoms with E-state index in [4.69, 9.17) is 14.5 Å². The summed E-state index contributed by atoms with van der Waals surface area (Å²) in [6, 6.07) is 36.8. The van der Waals surface area contributed by atoms with E-state index in [1.165, 1.54) is 0 Å². The number of hydrogen-bond acceptors (Lipinski definition) is 4. The molecule has 0 fully saturated rings. The van der Waals surface area contributed by atoms with Gasteiger partial charge < -0.3 is 19.1 Å². The van der Waals surface area contributed by atoms with E-state index in [-0.39, 0.29) is 0 Å². The average Bonchev–Trinajstić information content (AvgIpc) is 3.47. The van der Waals surface area contributed by atoms with Crippen LogP contribution in [-0.4, -0.2) is 27.9 Å². The van der Waals surface area contributed by atoms with Gasteiger partial charge in [0.15, 0.2) is 11.5 Å². The molecule has 0 radical (unpaired) electrons. The number of fused-ring (bicyclic) bond motifs is 1. The van der Waals surface area contributed by atoms with Gasteiger partial charge in [-0.25, -0.2) is 4.98 Å². The Hall–Kier alpha value is -4.35. The molecule has 5 nitrogen and oxygen atoms in total. The first-order chi connectivity index (χ1) is 18.1. The molecular formula is C32H28N2O3. The number of aliphatic hydroxyl groups is 1. The van der Waals surface area contributed by atoms with Crippen molar-refractivity contribution in [2.45, 2.75) is 18.1 Å². The number of benzene rings is 4. The zero-order chi connectivity index (χ0) is 25.3. The molecule has 1 aromatic heterocycles. The summed E-state index contributed by atoms with van der Waals surface area (Å²) in [5.74, 6) is 1.20. The Morgan fingerprint density at radius 2 is 1.24 bits per heavy atom. The van der Waals surface area contributed by atoms with Gasteiger partial charge >= 0.3 is 0 Å². The summed E-state index contributed by atoms with van der Waals surface area (Å²) >= 11 is 0. The summed E-state index contributed by atoms with van der Waals surface area (Å²) in [5.41, 5.74) is 2.29. The molecule has 1 aliphatic heterocycles. The third-order valence-corrected chi connectivity index (χ3v) is 7.13. The van der Waals surface area contributed by atoms with Gasteiger partial charge in [-0.15, -0.1) is 0 Å². The number of nitrogens with zero attached hydrogens (tertiary/aromatic N) is 2. The summed E-state index contributed by atoms with van der Waals surface area (Å²) in [6.45, 7) is 2.68. The summed E-state index contributed by atoms with van der Waals surface area (Å²) < 4.78 is 13.8. The fourth-order valence-electron chi connectivity index (χ4n) is 5.34. The van der Waals surface area contributed by atoms with Crippen LogP contribution in [0.1, 0.15) is 34.9 Å². The maximum Gasteiger partial charge on any atom is 0.167 e. The van der Waals surface area contributed by atoms with Gasteiger partial charge in [0.25, 0.3) is 0 Å². The van der Waals surface area contributed by atoms with Crippen molar-refractivity contribution in [2.75, 3.05) is 13.2 Å². The lowest BCUT2D eigenvalue weighted by Crippen LogP contribution is -2.37. The van der Waals surface area contributed by atoms with E-state index in [0.29, 0.717) is 36.0 Å². The molecule has 2 heterocycles. The van der Waals surface area contributed by atoms with Crippen LogP contribution in [-0.2, 0) is 11.1 Å². The molecule has 0 amide bonds. The zero-order valence-electron chi connectivity index (χ0n) is 20.6. The standard InChI is InChI=1S/C32H28N2O3/c1-31(35,27-18-11-19-28-30(27)37-21-20-36-28)29-22-34(23-33-29)32(24-12-5-2-6-13-24,25-14-7-3-8-15-25)26-16-9-4-10-17-26/h2-19,22-23,35H,20-21H2,1H3. The third-order valence-electron chi connectivity index (χ3n) is 7.13. The smallest absolute Gasteiger partial charge is 0.167 e. The molecule has 6 rings (SSSR count). The first-order valence-electron chi connectivity index (χ1n) is 12.4. The van der Waals surface area contributed by atoms with Crippen LogP contribution in [0.4, 0.5) is 0 Å². The SMILES string of the molecule is CC(O)(c1cn(C(c2ccccc2)(c2ccccc2)c2ccccc2)cn1)c1cccc2c1OCCO2. The minimum atomic E-state index is -1.41. The van der Waals surface area contributed by atoms with E-state index >= 15 is 0 Å². The van der Waals surface area contributed by atoms with Gasteiger partial charge in [-0.3, -0.25) is 0 Å². The first-order valence-corrected chi connectivity index (χ1v) is 12.4. The number of para-hydroxylation sites is 1. The Balaban J connectivity index is 1.57. The van der Waals surface area contributed by atoms with E-state index < -0.39 is 11.1 Å². The highest BCUT2D eigenvalue weighted by atomic mass is 16.6. The predicted octanol–water partition coefficient (Wildman–Crippen LogP) is 5.75. The van der Waals surface area contributed by atoms with Gasteiger partial charge in [-0.2, -0.15) is 0 Å². The van der Waals surface area contributed by atoms with E-state index in [0.717, 1.165) is 16.7 Å². The molecule has 0 spiro atoms. The molecule has 5 heteroatoms. The maximum absolute atomic E-state index is 11.9. The quantitative estimate of drug-likeness (QED) is 0.309. The van der Waals surface area contributed by atoms with E-state index in [9.17, 15) is 5.11 Å². The lowest BCUT2D eigenvalue weighted by molar-refractivity contribution is 0.0876. The van der Waals surface area contributed by atoms with Crippen LogP contribution in [0, 0.1) is 0 Å². The van der Waals surface area contributed by atoms with Crippen molar-refractivity contribution in [3.8, 4) is 11.5 Å². The summed E-state index contributed by atoms with van der Waals surface area (Å²) in [5, 5.41) is 11.9. The van der Waals surface area contributed by atoms with Gasteiger partial charge in [0.05, 0.1) is 12.0 Å². The molecule has 184 valence electrons. The van der Waals surface area contributed by atoms with E-state index in [2.05, 4.69) is 77.4 Å². The summed E-state index contributed by atoms with van der Waals surface area (Å²) in [6.07, 6.45) is 3.75. The third kappa shape index (κ3) is 3.79. The Morgan fingerprint density at radius 3 is 1.81 bits per heavy atom. The van der Waals surface area contributed by atoms with E-state index in [1.807, 2.05) is 48.9 Å². The summed E-state index contributed by atoms with van der Waals surface area (Å²) in [7, 11) is 0. The molecule has 1 atom stereocenters. The lowest BCUT2D eigenvalue weighted by Gasteiger charge is -2.37. The number of aromatic nitrogens is 2. The second-order valence-electron chi connectivity index (χ2n) is 9.38. The van der Waals surface area contributed by atoms with Crippen LogP contribution in [0.25, 0.3) is 0 Å². The fraction of sp³-hybridized carbons (Fsp3) is 0.156. The summed E-state index contributed by atoms with van der Waals surface area (Å²) in [4.78, 5) is 4.77. The Morgan fingerprint density at radius 1 is 0.703 bits per heavy atom. The van der Waals surface area contributed by atoms with Crippen LogP contribution < -0.4 is 9.47 Å². The minimum Gasteiger partial charge on any atom is -0.486 e. The molecule has 5 aromatic rings. The minimum absolute atomic E-state index is 0.438. The number of imidazole rings is 1. The molecule has 0 saturated carbocycles. The Kier molecular flexibility index (Phi) is 5.78. The van der Waals surface area contributed by atoms with Crippen LogP contribution in [0.2, 0.25) is 0 Å². The molecule has 0 aliphatic carbocycles. The van der Waals surface area contributed by atoms with Crippen molar-refractivity contribution in [3.05, 3.63) is 150 Å². The highest BCUT2D eigenvalue weighted by molar-refractivity contribution is 5.53. The maximum atomic E-state index is 11.9. The molecule has 1 unspecified atom stereocenters. The Bertz CT molecular complexity index is 1400. The number of hydrogen-bond donors (Lipinski definition) is 1. The second-order valence-corrected chi connectivity index (χ2v) is 9.38. The zero-order valence-corrected chi connectivity index (χ0v) is 20.6. The van der Waals surface area contributed by atoms with Crippen LogP contribution in [0.15, 0.2) is 122 Å². The highest BCUT2D eigenvalue weighted by Gasteiger charge is 2.40. The van der Waals surface area contributed by atoms with Gasteiger partial charge in [0, 0.05) is 11.8 Å². The Labute approximate surface area is 216 Å². The molecule has 1 aliphatic rings. The lowest BCUT2D eigenvalue weighted by atomic mass is 9.76.